The molecule has 2 atom stereocenters. The van der Waals surface area contributed by atoms with Gasteiger partial charge in [0.1, 0.15) is 0 Å². The van der Waals surface area contributed by atoms with Crippen LogP contribution in [0.2, 0.25) is 0 Å². The maximum atomic E-state index is 9.17. The van der Waals surface area contributed by atoms with Crippen molar-refractivity contribution in [2.75, 3.05) is 0 Å². The van der Waals surface area contributed by atoms with E-state index in [1.54, 1.807) is 6.08 Å². The highest BCUT2D eigenvalue weighted by atomic mass is 17.1. The van der Waals surface area contributed by atoms with Gasteiger partial charge in [0, 0.05) is 12.3 Å². The molecule has 110 valence electrons. The van der Waals surface area contributed by atoms with E-state index < -0.39 is 11.0 Å². The lowest BCUT2D eigenvalue weighted by Gasteiger charge is -2.26. The number of nitrogens with zero attached hydrogens (tertiary/aromatic N) is 1. The topological polar surface area (TPSA) is 60.7 Å². The van der Waals surface area contributed by atoms with Gasteiger partial charge < -0.3 is 0 Å². The summed E-state index contributed by atoms with van der Waals surface area (Å²) in [7, 11) is 0. The molecule has 0 amide bonds. The minimum Gasteiger partial charge on any atom is -0.146 e. The molecule has 2 unspecified atom stereocenters. The lowest BCUT2D eigenvalue weighted by Crippen LogP contribution is -2.46. The zero-order chi connectivity index (χ0) is 14.9. The van der Waals surface area contributed by atoms with E-state index >= 15 is 0 Å². The highest BCUT2D eigenvalue weighted by Crippen LogP contribution is 2.32. The number of rotatable bonds is 3. The average Bonchev–Trinajstić information content (AvgIpc) is 3.01. The number of benzene rings is 1. The van der Waals surface area contributed by atoms with Crippen LogP contribution in [-0.2, 0) is 0 Å². The monoisotopic (exact) mass is 286 g/mol. The maximum absolute atomic E-state index is 9.17. The predicted octanol–water partition coefficient (Wildman–Crippen LogP) is 3.82. The first-order valence-electron chi connectivity index (χ1n) is 7.25. The van der Waals surface area contributed by atoms with E-state index in [-0.39, 0.29) is 5.92 Å². The molecule has 2 aliphatic rings. The minimum atomic E-state index is -1.97. The fraction of sp³-hybridized carbons (Fsp3) is 0.294. The molecule has 1 aromatic carbocycles. The zero-order valence-corrected chi connectivity index (χ0v) is 11.8. The molecular weight excluding hydrogens is 266 g/mol. The zero-order valence-electron chi connectivity index (χ0n) is 11.8. The van der Waals surface area contributed by atoms with E-state index in [0.717, 1.165) is 12.8 Å². The van der Waals surface area contributed by atoms with Crippen molar-refractivity contribution in [3.05, 3.63) is 65.8 Å². The van der Waals surface area contributed by atoms with Gasteiger partial charge in [-0.3, -0.25) is 0 Å². The molecule has 0 spiro atoms. The van der Waals surface area contributed by atoms with Crippen molar-refractivity contribution in [1.29, 1.82) is 0 Å². The summed E-state index contributed by atoms with van der Waals surface area (Å²) in [5, 5.41) is 27.5. The number of hydroxylamine groups is 3. The first-order valence-corrected chi connectivity index (χ1v) is 7.25. The molecular formula is C17H20NO3+. The maximum Gasteiger partial charge on any atom is 0.205 e. The number of quaternary nitrogens is 1. The minimum absolute atomic E-state index is 0.253. The van der Waals surface area contributed by atoms with E-state index in [0.29, 0.717) is 6.42 Å². The second-order valence-corrected chi connectivity index (χ2v) is 5.70. The first-order chi connectivity index (χ1) is 10.0. The third kappa shape index (κ3) is 3.14. The van der Waals surface area contributed by atoms with Crippen LogP contribution in [0.3, 0.4) is 0 Å². The van der Waals surface area contributed by atoms with E-state index in [2.05, 4.69) is 42.5 Å². The lowest BCUT2D eigenvalue weighted by atomic mass is 9.86. The fourth-order valence-corrected chi connectivity index (χ4v) is 3.00. The smallest absolute Gasteiger partial charge is 0.146 e. The Morgan fingerprint density at radius 1 is 1.05 bits per heavy atom. The van der Waals surface area contributed by atoms with Gasteiger partial charge in [0.15, 0.2) is 0 Å². The van der Waals surface area contributed by atoms with Gasteiger partial charge in [-0.25, -0.2) is 0 Å². The molecule has 21 heavy (non-hydrogen) atoms. The molecule has 3 N–H and O–H groups in total. The first kappa shape index (κ1) is 14.2. The van der Waals surface area contributed by atoms with Crippen molar-refractivity contribution < 1.29 is 20.6 Å². The van der Waals surface area contributed by atoms with Crippen molar-refractivity contribution in [3.63, 3.8) is 0 Å². The Labute approximate surface area is 124 Å². The molecule has 3 rings (SSSR count). The molecule has 2 aliphatic carbocycles. The highest BCUT2D eigenvalue weighted by Gasteiger charge is 2.34. The Hall–Kier alpha value is -1.72. The van der Waals surface area contributed by atoms with Gasteiger partial charge in [0.25, 0.3) is 0 Å². The molecule has 0 aromatic heterocycles. The molecule has 0 bridgehead atoms. The lowest BCUT2D eigenvalue weighted by molar-refractivity contribution is -1.38. The Balaban J connectivity index is 1.78. The van der Waals surface area contributed by atoms with Gasteiger partial charge in [-0.2, -0.15) is 0 Å². The summed E-state index contributed by atoms with van der Waals surface area (Å²) >= 11 is 0. The van der Waals surface area contributed by atoms with Crippen molar-refractivity contribution in [2.45, 2.75) is 31.2 Å². The molecule has 0 heterocycles. The second kappa shape index (κ2) is 5.58. The molecule has 0 saturated carbocycles. The second-order valence-electron chi connectivity index (χ2n) is 5.70. The van der Waals surface area contributed by atoms with Crippen LogP contribution in [0, 0.1) is 0 Å². The molecule has 4 nitrogen and oxygen atoms in total. The van der Waals surface area contributed by atoms with E-state index in [1.807, 2.05) is 6.08 Å². The third-order valence-electron chi connectivity index (χ3n) is 4.24. The van der Waals surface area contributed by atoms with Gasteiger partial charge in [-0.05, 0) is 35.6 Å². The summed E-state index contributed by atoms with van der Waals surface area (Å²) in [5.41, 5.74) is 3.79. The van der Waals surface area contributed by atoms with Crippen LogP contribution in [0.25, 0.3) is 5.57 Å². The molecule has 0 aliphatic heterocycles. The quantitative estimate of drug-likeness (QED) is 0.450. The normalized spacial score (nSPS) is 25.2. The Bertz CT molecular complexity index is 611. The van der Waals surface area contributed by atoms with E-state index in [1.165, 1.54) is 16.7 Å². The van der Waals surface area contributed by atoms with Gasteiger partial charge in [0.2, 0.25) is 6.04 Å². The van der Waals surface area contributed by atoms with Crippen molar-refractivity contribution in [1.82, 2.24) is 0 Å². The summed E-state index contributed by atoms with van der Waals surface area (Å²) in [6, 6.07) is 7.81. The highest BCUT2D eigenvalue weighted by molar-refractivity contribution is 5.71. The van der Waals surface area contributed by atoms with Crippen LogP contribution >= 0.6 is 0 Å². The predicted molar refractivity (Wildman–Crippen MR) is 78.7 cm³/mol. The van der Waals surface area contributed by atoms with Crippen molar-refractivity contribution >= 4 is 5.57 Å². The third-order valence-corrected chi connectivity index (χ3v) is 4.24. The molecule has 0 fully saturated rings. The van der Waals surface area contributed by atoms with Crippen molar-refractivity contribution in [3.8, 4) is 0 Å². The van der Waals surface area contributed by atoms with Gasteiger partial charge in [0.05, 0.1) is 4.97 Å². The number of allylic oxidation sites excluding steroid dienone is 5. The Morgan fingerprint density at radius 3 is 2.52 bits per heavy atom. The standard InChI is InChI=1S/C17H20NO3/c19-18(20,21)17-10-8-14(9-11-17)16-7-3-6-15(12-16)13-4-1-2-5-13/h1-4,6-8,10,12,14,17,19-21H,5,9,11H2/q+1. The Kier molecular flexibility index (Phi) is 3.78. The summed E-state index contributed by atoms with van der Waals surface area (Å²) in [6.07, 6.45) is 12.3. The van der Waals surface area contributed by atoms with Crippen LogP contribution in [0.4, 0.5) is 0 Å². The molecule has 1 aromatic rings. The van der Waals surface area contributed by atoms with Crippen LogP contribution in [0.5, 0.6) is 0 Å². The van der Waals surface area contributed by atoms with Crippen LogP contribution in [0.1, 0.15) is 36.3 Å². The van der Waals surface area contributed by atoms with Crippen LogP contribution in [-0.4, -0.2) is 26.6 Å². The summed E-state index contributed by atoms with van der Waals surface area (Å²) < 4.78 is 0. The summed E-state index contributed by atoms with van der Waals surface area (Å²) in [4.78, 5) is -1.97. The molecule has 4 heteroatoms. The summed E-state index contributed by atoms with van der Waals surface area (Å²) in [6.45, 7) is 0. The van der Waals surface area contributed by atoms with E-state index in [9.17, 15) is 0 Å². The SMILES string of the molecule is O[N+](O)(O)C1C=CC(c2cccc(C3=CC=CC3)c2)CC1. The summed E-state index contributed by atoms with van der Waals surface area (Å²) in [5.74, 6) is 0.253. The molecule has 0 radical (unpaired) electrons. The average molecular weight is 286 g/mol. The van der Waals surface area contributed by atoms with Crippen molar-refractivity contribution in [2.24, 2.45) is 0 Å². The number of hydrogen-bond acceptors (Lipinski definition) is 3. The largest absolute Gasteiger partial charge is 0.205 e. The fourth-order valence-electron chi connectivity index (χ4n) is 3.00. The Morgan fingerprint density at radius 2 is 1.90 bits per heavy atom. The van der Waals surface area contributed by atoms with Gasteiger partial charge >= 0.3 is 0 Å². The molecule has 0 saturated heterocycles. The van der Waals surface area contributed by atoms with E-state index in [4.69, 9.17) is 15.6 Å². The van der Waals surface area contributed by atoms with Gasteiger partial charge in [-0.15, -0.1) is 15.6 Å². The number of hydrogen-bond donors (Lipinski definition) is 3. The van der Waals surface area contributed by atoms with Crippen LogP contribution in [0.15, 0.2) is 54.6 Å². The van der Waals surface area contributed by atoms with Gasteiger partial charge in [-0.1, -0.05) is 48.6 Å². The van der Waals surface area contributed by atoms with Crippen LogP contribution < -0.4 is 0 Å².